The van der Waals surface area contributed by atoms with E-state index in [1.165, 1.54) is 10.4 Å². The first kappa shape index (κ1) is 14.2. The lowest BCUT2D eigenvalue weighted by molar-refractivity contribution is -0.122. The van der Waals surface area contributed by atoms with Crippen molar-refractivity contribution in [3.05, 3.63) is 42.2 Å². The van der Waals surface area contributed by atoms with Crippen molar-refractivity contribution < 1.29 is 4.79 Å². The molecule has 0 aliphatic heterocycles. The van der Waals surface area contributed by atoms with Crippen molar-refractivity contribution in [2.75, 3.05) is 6.54 Å². The number of aromatic nitrogens is 5. The van der Waals surface area contributed by atoms with Gasteiger partial charge in [-0.25, -0.2) is 0 Å². The summed E-state index contributed by atoms with van der Waals surface area (Å²) in [6, 6.07) is 7.56. The van der Waals surface area contributed by atoms with Crippen molar-refractivity contribution in [2.24, 2.45) is 7.05 Å². The Morgan fingerprint density at radius 2 is 1.95 bits per heavy atom. The highest BCUT2D eigenvalue weighted by Crippen LogP contribution is 2.06. The van der Waals surface area contributed by atoms with Crippen LogP contribution in [0, 0.1) is 0 Å². The summed E-state index contributed by atoms with van der Waals surface area (Å²) in [5.41, 5.74) is 2.77. The average Bonchev–Trinajstić information content (AvgIpc) is 3.09. The molecule has 0 aliphatic rings. The van der Waals surface area contributed by atoms with Crippen molar-refractivity contribution in [3.8, 4) is 0 Å². The minimum Gasteiger partial charge on any atom is -0.354 e. The van der Waals surface area contributed by atoms with Gasteiger partial charge in [-0.15, -0.1) is 0 Å². The predicted octanol–water partition coefficient (Wildman–Crippen LogP) is 0.914. The fourth-order valence-corrected chi connectivity index (χ4v) is 2.28. The van der Waals surface area contributed by atoms with Gasteiger partial charge in [0.1, 0.15) is 17.6 Å². The highest BCUT2D eigenvalue weighted by molar-refractivity contribution is 5.76. The zero-order chi connectivity index (χ0) is 15.4. The first-order chi connectivity index (χ1) is 10.7. The summed E-state index contributed by atoms with van der Waals surface area (Å²) in [7, 11) is 1.90. The quantitative estimate of drug-likeness (QED) is 0.686. The molecule has 7 nitrogen and oxygen atoms in total. The summed E-state index contributed by atoms with van der Waals surface area (Å²) >= 11 is 0. The maximum atomic E-state index is 11.9. The van der Waals surface area contributed by atoms with Gasteiger partial charge in [-0.2, -0.15) is 20.1 Å². The lowest BCUT2D eigenvalue weighted by Crippen LogP contribution is -2.29. The van der Waals surface area contributed by atoms with Gasteiger partial charge in [0.2, 0.25) is 5.91 Å². The second-order valence-electron chi connectivity index (χ2n) is 5.19. The molecule has 22 heavy (non-hydrogen) atoms. The average molecular weight is 298 g/mol. The van der Waals surface area contributed by atoms with E-state index in [0.717, 1.165) is 23.9 Å². The molecule has 3 aromatic rings. The molecule has 0 atom stereocenters. The minimum absolute atomic E-state index is 0.0773. The number of amides is 1. The van der Waals surface area contributed by atoms with Gasteiger partial charge in [0.25, 0.3) is 0 Å². The van der Waals surface area contributed by atoms with E-state index in [1.807, 2.05) is 43.7 Å². The van der Waals surface area contributed by atoms with Gasteiger partial charge >= 0.3 is 0 Å². The van der Waals surface area contributed by atoms with Crippen molar-refractivity contribution >= 4 is 16.9 Å². The molecule has 0 radical (unpaired) electrons. The molecule has 3 rings (SSSR count). The second kappa shape index (κ2) is 6.38. The number of hydrogen-bond acceptors (Lipinski definition) is 4. The lowest BCUT2D eigenvalue weighted by Gasteiger charge is -2.03. The van der Waals surface area contributed by atoms with Gasteiger partial charge in [-0.1, -0.05) is 12.1 Å². The van der Waals surface area contributed by atoms with Gasteiger partial charge in [0, 0.05) is 19.8 Å². The highest BCUT2D eigenvalue weighted by atomic mass is 16.2. The molecule has 114 valence electrons. The molecule has 0 fully saturated rings. The number of rotatable bonds is 6. The smallest absolute Gasteiger partial charge is 0.243 e. The van der Waals surface area contributed by atoms with Crippen LogP contribution in [-0.4, -0.2) is 37.2 Å². The van der Waals surface area contributed by atoms with Crippen molar-refractivity contribution in [1.29, 1.82) is 0 Å². The first-order valence-corrected chi connectivity index (χ1v) is 7.25. The topological polar surface area (TPSA) is 77.6 Å². The zero-order valence-corrected chi connectivity index (χ0v) is 12.4. The molecule has 1 N–H and O–H groups in total. The molecule has 2 heterocycles. The van der Waals surface area contributed by atoms with E-state index in [4.69, 9.17) is 0 Å². The van der Waals surface area contributed by atoms with Crippen LogP contribution >= 0.6 is 0 Å². The van der Waals surface area contributed by atoms with E-state index in [9.17, 15) is 4.79 Å². The van der Waals surface area contributed by atoms with Crippen LogP contribution in [0.1, 0.15) is 12.0 Å². The van der Waals surface area contributed by atoms with Crippen LogP contribution in [-0.2, 0) is 24.8 Å². The maximum absolute atomic E-state index is 11.9. The number of aryl methyl sites for hydroxylation is 2. The number of carbonyl (C=O) groups excluding carboxylic acids is 1. The Kier molecular flexibility index (Phi) is 4.13. The third-order valence-electron chi connectivity index (χ3n) is 3.34. The van der Waals surface area contributed by atoms with Crippen LogP contribution < -0.4 is 5.32 Å². The van der Waals surface area contributed by atoms with Crippen LogP contribution in [0.25, 0.3) is 11.0 Å². The van der Waals surface area contributed by atoms with Gasteiger partial charge < -0.3 is 5.32 Å². The van der Waals surface area contributed by atoms with Gasteiger partial charge in [0.05, 0.1) is 6.20 Å². The lowest BCUT2D eigenvalue weighted by atomic mass is 10.2. The third kappa shape index (κ3) is 3.49. The number of nitrogens with one attached hydrogen (secondary N) is 1. The van der Waals surface area contributed by atoms with Gasteiger partial charge in [-0.05, 0) is 30.5 Å². The van der Waals surface area contributed by atoms with Crippen molar-refractivity contribution in [1.82, 2.24) is 30.1 Å². The SMILES string of the molecule is Cn1cc(CCCNC(=O)Cn2nc3ccccc3n2)cn1. The Hall–Kier alpha value is -2.70. The Balaban J connectivity index is 1.44. The summed E-state index contributed by atoms with van der Waals surface area (Å²) in [5.74, 6) is -0.0773. The van der Waals surface area contributed by atoms with E-state index >= 15 is 0 Å². The van der Waals surface area contributed by atoms with Crippen LogP contribution in [0.3, 0.4) is 0 Å². The summed E-state index contributed by atoms with van der Waals surface area (Å²) < 4.78 is 1.78. The van der Waals surface area contributed by atoms with Crippen molar-refractivity contribution in [2.45, 2.75) is 19.4 Å². The first-order valence-electron chi connectivity index (χ1n) is 7.25. The molecule has 0 unspecified atom stereocenters. The largest absolute Gasteiger partial charge is 0.354 e. The van der Waals surface area contributed by atoms with Crippen LogP contribution in [0.15, 0.2) is 36.7 Å². The minimum atomic E-state index is -0.0773. The standard InChI is InChI=1S/C15H18N6O/c1-20-10-12(9-17-20)5-4-8-16-15(22)11-21-18-13-6-2-3-7-14(13)19-21/h2-3,6-7,9-10H,4-5,8,11H2,1H3,(H,16,22). The monoisotopic (exact) mass is 298 g/mol. The van der Waals surface area contributed by atoms with Crippen LogP contribution in [0.2, 0.25) is 0 Å². The van der Waals surface area contributed by atoms with Crippen LogP contribution in [0.4, 0.5) is 0 Å². The number of fused-ring (bicyclic) bond motifs is 1. The fourth-order valence-electron chi connectivity index (χ4n) is 2.28. The summed E-state index contributed by atoms with van der Waals surface area (Å²) in [6.07, 6.45) is 5.62. The summed E-state index contributed by atoms with van der Waals surface area (Å²) in [5, 5.41) is 15.5. The Labute approximate surface area is 127 Å². The number of nitrogens with zero attached hydrogens (tertiary/aromatic N) is 5. The van der Waals surface area contributed by atoms with E-state index in [2.05, 4.69) is 20.6 Å². The molecule has 0 aliphatic carbocycles. The third-order valence-corrected chi connectivity index (χ3v) is 3.34. The molecule has 1 amide bonds. The molecule has 0 bridgehead atoms. The maximum Gasteiger partial charge on any atom is 0.243 e. The molecule has 0 spiro atoms. The number of benzene rings is 1. The molecule has 1 aromatic carbocycles. The van der Waals surface area contributed by atoms with Gasteiger partial charge in [-0.3, -0.25) is 9.48 Å². The second-order valence-corrected chi connectivity index (χ2v) is 5.19. The van der Waals surface area contributed by atoms with E-state index in [1.54, 1.807) is 4.68 Å². The van der Waals surface area contributed by atoms with Crippen LogP contribution in [0.5, 0.6) is 0 Å². The Morgan fingerprint density at radius 3 is 2.59 bits per heavy atom. The molecule has 0 saturated carbocycles. The summed E-state index contributed by atoms with van der Waals surface area (Å²) in [6.45, 7) is 0.774. The number of carbonyl (C=O) groups is 1. The highest BCUT2D eigenvalue weighted by Gasteiger charge is 2.06. The normalized spacial score (nSPS) is 11.0. The predicted molar refractivity (Wildman–Crippen MR) is 82.1 cm³/mol. The van der Waals surface area contributed by atoms with E-state index in [0.29, 0.717) is 6.54 Å². The number of hydrogen-bond donors (Lipinski definition) is 1. The van der Waals surface area contributed by atoms with E-state index in [-0.39, 0.29) is 12.5 Å². The van der Waals surface area contributed by atoms with E-state index < -0.39 is 0 Å². The Bertz CT molecular complexity index is 742. The van der Waals surface area contributed by atoms with Crippen molar-refractivity contribution in [3.63, 3.8) is 0 Å². The molecule has 2 aromatic heterocycles. The summed E-state index contributed by atoms with van der Waals surface area (Å²) in [4.78, 5) is 13.3. The zero-order valence-electron chi connectivity index (χ0n) is 12.4. The molecular weight excluding hydrogens is 280 g/mol. The fraction of sp³-hybridized carbons (Fsp3) is 0.333. The molecule has 0 saturated heterocycles. The molecular formula is C15H18N6O. The Morgan fingerprint density at radius 1 is 1.23 bits per heavy atom. The van der Waals surface area contributed by atoms with Gasteiger partial charge in [0.15, 0.2) is 0 Å². The molecule has 7 heteroatoms.